The summed E-state index contributed by atoms with van der Waals surface area (Å²) in [6.45, 7) is 1.87. The number of fused-ring (bicyclic) bond motifs is 1. The van der Waals surface area contributed by atoms with E-state index >= 15 is 0 Å². The quantitative estimate of drug-likeness (QED) is 0.860. The van der Waals surface area contributed by atoms with Gasteiger partial charge in [0.1, 0.15) is 5.78 Å². The maximum Gasteiger partial charge on any atom is 0.138 e. The molecule has 0 radical (unpaired) electrons. The predicted octanol–water partition coefficient (Wildman–Crippen LogP) is 2.45. The Morgan fingerprint density at radius 3 is 2.94 bits per heavy atom. The Bertz CT molecular complexity index is 533. The van der Waals surface area contributed by atoms with Crippen molar-refractivity contribution < 1.29 is 4.79 Å². The molecule has 2 rings (SSSR count). The van der Waals surface area contributed by atoms with Crippen LogP contribution in [0.5, 0.6) is 0 Å². The fraction of sp³-hybridized carbons (Fsp3) is 0.250. The smallest absolute Gasteiger partial charge is 0.138 e. The third kappa shape index (κ3) is 1.84. The van der Waals surface area contributed by atoms with Crippen LogP contribution in [0, 0.1) is 0 Å². The fourth-order valence-corrected chi connectivity index (χ4v) is 2.09. The first-order valence-electron chi connectivity index (χ1n) is 5.10. The fourth-order valence-electron chi connectivity index (χ4n) is 1.91. The van der Waals surface area contributed by atoms with Crippen molar-refractivity contribution in [2.45, 2.75) is 12.8 Å². The molecule has 84 valence electrons. The molecule has 0 aliphatic rings. The highest BCUT2D eigenvalue weighted by molar-refractivity contribution is 6.31. The summed E-state index contributed by atoms with van der Waals surface area (Å²) in [6.07, 6.45) is 1.83. The lowest BCUT2D eigenvalue weighted by Crippen LogP contribution is -2.18. The molecule has 0 aliphatic heterocycles. The molecule has 4 heteroatoms. The lowest BCUT2D eigenvalue weighted by atomic mass is 9.95. The van der Waals surface area contributed by atoms with Gasteiger partial charge in [-0.15, -0.1) is 0 Å². The molecule has 16 heavy (non-hydrogen) atoms. The number of carbonyl (C=O) groups is 1. The number of hydrogen-bond acceptors (Lipinski definition) is 2. The van der Waals surface area contributed by atoms with E-state index in [2.05, 4.69) is 4.98 Å². The summed E-state index contributed by atoms with van der Waals surface area (Å²) in [7, 11) is 0. The van der Waals surface area contributed by atoms with E-state index in [4.69, 9.17) is 17.3 Å². The van der Waals surface area contributed by atoms with Crippen LogP contribution in [0.1, 0.15) is 18.4 Å². The molecule has 0 saturated heterocycles. The van der Waals surface area contributed by atoms with E-state index in [-0.39, 0.29) is 11.7 Å². The van der Waals surface area contributed by atoms with Crippen LogP contribution < -0.4 is 5.73 Å². The zero-order chi connectivity index (χ0) is 11.7. The number of benzene rings is 1. The van der Waals surface area contributed by atoms with Gasteiger partial charge in [0, 0.05) is 28.7 Å². The minimum Gasteiger partial charge on any atom is -0.361 e. The molecule has 1 atom stereocenters. The minimum atomic E-state index is -0.257. The van der Waals surface area contributed by atoms with Crippen molar-refractivity contribution in [3.05, 3.63) is 35.0 Å². The van der Waals surface area contributed by atoms with E-state index in [1.54, 1.807) is 6.92 Å². The van der Waals surface area contributed by atoms with E-state index < -0.39 is 0 Å². The summed E-state index contributed by atoms with van der Waals surface area (Å²) in [5, 5.41) is 1.63. The van der Waals surface area contributed by atoms with Crippen molar-refractivity contribution in [1.82, 2.24) is 4.98 Å². The molecule has 0 bridgehead atoms. The summed E-state index contributed by atoms with van der Waals surface area (Å²) >= 11 is 5.94. The third-order valence-electron chi connectivity index (χ3n) is 2.78. The third-order valence-corrected chi connectivity index (χ3v) is 3.01. The van der Waals surface area contributed by atoms with Gasteiger partial charge in [0.25, 0.3) is 0 Å². The normalized spacial score (nSPS) is 12.9. The van der Waals surface area contributed by atoms with E-state index in [0.717, 1.165) is 16.5 Å². The molecule has 1 unspecified atom stereocenters. The Labute approximate surface area is 98.6 Å². The van der Waals surface area contributed by atoms with E-state index in [1.807, 2.05) is 24.4 Å². The van der Waals surface area contributed by atoms with Gasteiger partial charge >= 0.3 is 0 Å². The van der Waals surface area contributed by atoms with Gasteiger partial charge in [-0.3, -0.25) is 4.79 Å². The Morgan fingerprint density at radius 1 is 1.56 bits per heavy atom. The maximum absolute atomic E-state index is 11.5. The largest absolute Gasteiger partial charge is 0.361 e. The Hall–Kier alpha value is -1.32. The first-order valence-corrected chi connectivity index (χ1v) is 5.48. The molecular weight excluding hydrogens is 224 g/mol. The van der Waals surface area contributed by atoms with E-state index in [9.17, 15) is 4.79 Å². The van der Waals surface area contributed by atoms with Gasteiger partial charge in [-0.1, -0.05) is 11.6 Å². The van der Waals surface area contributed by atoms with Crippen LogP contribution >= 0.6 is 11.6 Å². The van der Waals surface area contributed by atoms with Crippen LogP contribution in [-0.2, 0) is 4.79 Å². The van der Waals surface area contributed by atoms with Gasteiger partial charge in [0.05, 0.1) is 5.92 Å². The molecule has 1 heterocycles. The van der Waals surface area contributed by atoms with Crippen molar-refractivity contribution in [2.24, 2.45) is 5.73 Å². The molecule has 1 aromatic heterocycles. The standard InChI is InChI=1S/C12H13ClN2O/c1-7(16)10(5-14)11-6-15-12-3-2-8(13)4-9(11)12/h2-4,6,10,15H,5,14H2,1H3. The summed E-state index contributed by atoms with van der Waals surface area (Å²) in [5.74, 6) is -0.185. The van der Waals surface area contributed by atoms with Crippen LogP contribution in [-0.4, -0.2) is 17.3 Å². The molecule has 0 amide bonds. The number of Topliss-reactive ketones (excluding diaryl/α,β-unsaturated/α-hetero) is 1. The number of nitrogens with one attached hydrogen (secondary N) is 1. The molecular formula is C12H13ClN2O. The molecule has 3 nitrogen and oxygen atoms in total. The van der Waals surface area contributed by atoms with E-state index in [1.165, 1.54) is 0 Å². The SMILES string of the molecule is CC(=O)C(CN)c1c[nH]c2ccc(Cl)cc12. The lowest BCUT2D eigenvalue weighted by molar-refractivity contribution is -0.118. The van der Waals surface area contributed by atoms with Crippen molar-refractivity contribution in [1.29, 1.82) is 0 Å². The van der Waals surface area contributed by atoms with Crippen molar-refractivity contribution in [2.75, 3.05) is 6.54 Å². The molecule has 0 saturated carbocycles. The highest BCUT2D eigenvalue weighted by Crippen LogP contribution is 2.28. The number of H-pyrrole nitrogens is 1. The highest BCUT2D eigenvalue weighted by atomic mass is 35.5. The molecule has 1 aromatic carbocycles. The number of aromatic nitrogens is 1. The number of ketones is 1. The first-order chi connectivity index (χ1) is 7.63. The summed E-state index contributed by atoms with van der Waals surface area (Å²) < 4.78 is 0. The Balaban J connectivity index is 2.59. The van der Waals surface area contributed by atoms with Gasteiger partial charge in [-0.25, -0.2) is 0 Å². The number of nitrogens with two attached hydrogens (primary N) is 1. The molecule has 2 aromatic rings. The second-order valence-electron chi connectivity index (χ2n) is 3.83. The lowest BCUT2D eigenvalue weighted by Gasteiger charge is -2.09. The summed E-state index contributed by atoms with van der Waals surface area (Å²) in [6, 6.07) is 5.57. The molecule has 3 N–H and O–H groups in total. The average molecular weight is 237 g/mol. The van der Waals surface area contributed by atoms with Crippen molar-refractivity contribution >= 4 is 28.3 Å². The monoisotopic (exact) mass is 236 g/mol. The van der Waals surface area contributed by atoms with Crippen LogP contribution in [0.2, 0.25) is 5.02 Å². The Morgan fingerprint density at radius 2 is 2.31 bits per heavy atom. The number of rotatable bonds is 3. The van der Waals surface area contributed by atoms with Crippen LogP contribution in [0.25, 0.3) is 10.9 Å². The molecule has 0 aliphatic carbocycles. The number of halogens is 1. The number of hydrogen-bond donors (Lipinski definition) is 2. The van der Waals surface area contributed by atoms with Crippen LogP contribution in [0.15, 0.2) is 24.4 Å². The topological polar surface area (TPSA) is 58.9 Å². The highest BCUT2D eigenvalue weighted by Gasteiger charge is 2.18. The summed E-state index contributed by atoms with van der Waals surface area (Å²) in [4.78, 5) is 14.6. The van der Waals surface area contributed by atoms with Gasteiger partial charge in [-0.05, 0) is 30.7 Å². The molecule has 0 spiro atoms. The first kappa shape index (κ1) is 11.2. The predicted molar refractivity (Wildman–Crippen MR) is 65.8 cm³/mol. The van der Waals surface area contributed by atoms with Gasteiger partial charge in [0.15, 0.2) is 0 Å². The van der Waals surface area contributed by atoms with Gasteiger partial charge in [0.2, 0.25) is 0 Å². The van der Waals surface area contributed by atoms with Crippen LogP contribution in [0.3, 0.4) is 0 Å². The number of aromatic amines is 1. The minimum absolute atomic E-state index is 0.0726. The number of carbonyl (C=O) groups excluding carboxylic acids is 1. The van der Waals surface area contributed by atoms with Gasteiger partial charge < -0.3 is 10.7 Å². The molecule has 0 fully saturated rings. The maximum atomic E-state index is 11.5. The van der Waals surface area contributed by atoms with E-state index in [0.29, 0.717) is 11.6 Å². The van der Waals surface area contributed by atoms with Crippen molar-refractivity contribution in [3.63, 3.8) is 0 Å². The van der Waals surface area contributed by atoms with Crippen LogP contribution in [0.4, 0.5) is 0 Å². The second-order valence-corrected chi connectivity index (χ2v) is 4.27. The van der Waals surface area contributed by atoms with Gasteiger partial charge in [-0.2, -0.15) is 0 Å². The average Bonchev–Trinajstić information content (AvgIpc) is 2.62. The Kier molecular flexibility index (Phi) is 2.99. The zero-order valence-electron chi connectivity index (χ0n) is 8.96. The van der Waals surface area contributed by atoms with Crippen molar-refractivity contribution in [3.8, 4) is 0 Å². The summed E-state index contributed by atoms with van der Waals surface area (Å²) in [5.41, 5.74) is 7.52. The zero-order valence-corrected chi connectivity index (χ0v) is 9.71. The second kappa shape index (κ2) is 4.28.